The first-order chi connectivity index (χ1) is 14.1. The zero-order valence-corrected chi connectivity index (χ0v) is 17.3. The Kier molecular flexibility index (Phi) is 6.70. The molecule has 1 heterocycles. The topological polar surface area (TPSA) is 35.9 Å². The van der Waals surface area contributed by atoms with Crippen LogP contribution in [0.2, 0.25) is 5.02 Å². The van der Waals surface area contributed by atoms with Crippen LogP contribution in [0.1, 0.15) is 24.8 Å². The summed E-state index contributed by atoms with van der Waals surface area (Å²) in [5.41, 5.74) is 1.13. The van der Waals surface area contributed by atoms with Crippen LogP contribution >= 0.6 is 11.6 Å². The lowest BCUT2D eigenvalue weighted by molar-refractivity contribution is -0.0637. The summed E-state index contributed by atoms with van der Waals surface area (Å²) in [6.07, 6.45) is 2.18. The molecule has 0 amide bonds. The third-order valence-corrected chi connectivity index (χ3v) is 6.28. The fraction of sp³-hybridized carbons (Fsp3) is 0.478. The second-order valence-electron chi connectivity index (χ2n) is 8.04. The third-order valence-electron chi connectivity index (χ3n) is 6.04. The van der Waals surface area contributed by atoms with Crippen LogP contribution in [0.4, 0.5) is 4.39 Å². The summed E-state index contributed by atoms with van der Waals surface area (Å²) in [5, 5.41) is 11.6. The minimum atomic E-state index is -0.508. The van der Waals surface area contributed by atoms with Crippen LogP contribution in [-0.2, 0) is 6.54 Å². The highest BCUT2D eigenvalue weighted by atomic mass is 35.5. The molecule has 0 unspecified atom stereocenters. The van der Waals surface area contributed by atoms with Gasteiger partial charge in [-0.1, -0.05) is 29.8 Å². The molecule has 156 valence electrons. The van der Waals surface area contributed by atoms with E-state index in [0.29, 0.717) is 10.8 Å². The first kappa shape index (κ1) is 20.6. The Bertz CT molecular complexity index is 796. The first-order valence-electron chi connectivity index (χ1n) is 10.4. The van der Waals surface area contributed by atoms with Crippen LogP contribution in [0, 0.1) is 5.82 Å². The summed E-state index contributed by atoms with van der Waals surface area (Å²) in [6.45, 7) is 4.57. The molecular weight excluding hydrogens is 391 g/mol. The highest BCUT2D eigenvalue weighted by Gasteiger charge is 2.37. The van der Waals surface area contributed by atoms with Gasteiger partial charge in [0, 0.05) is 43.8 Å². The van der Waals surface area contributed by atoms with E-state index in [0.717, 1.165) is 57.5 Å². The van der Waals surface area contributed by atoms with Crippen molar-refractivity contribution >= 4 is 11.6 Å². The van der Waals surface area contributed by atoms with Crippen LogP contribution in [0.3, 0.4) is 0 Å². The number of benzene rings is 2. The van der Waals surface area contributed by atoms with E-state index in [1.165, 1.54) is 12.1 Å². The highest BCUT2D eigenvalue weighted by Crippen LogP contribution is 2.29. The fourth-order valence-corrected chi connectivity index (χ4v) is 4.64. The molecular formula is C23H28ClFN2O2. The largest absolute Gasteiger partial charge is 0.488 e. The molecule has 2 aliphatic rings. The van der Waals surface area contributed by atoms with Gasteiger partial charge in [0.2, 0.25) is 0 Å². The molecule has 1 saturated heterocycles. The Morgan fingerprint density at radius 2 is 1.79 bits per heavy atom. The molecule has 2 aromatic carbocycles. The van der Waals surface area contributed by atoms with Crippen molar-refractivity contribution in [2.75, 3.05) is 26.2 Å². The predicted octanol–water partition coefficient (Wildman–Crippen LogP) is 3.96. The van der Waals surface area contributed by atoms with E-state index in [-0.39, 0.29) is 18.0 Å². The number of hydrogen-bond acceptors (Lipinski definition) is 4. The van der Waals surface area contributed by atoms with Crippen LogP contribution in [0.25, 0.3) is 0 Å². The van der Waals surface area contributed by atoms with E-state index in [1.54, 1.807) is 6.07 Å². The number of nitrogens with zero attached hydrogens (tertiary/aromatic N) is 2. The molecule has 6 heteroatoms. The van der Waals surface area contributed by atoms with E-state index < -0.39 is 6.10 Å². The molecule has 4 rings (SSSR count). The van der Waals surface area contributed by atoms with Gasteiger partial charge in [0.25, 0.3) is 0 Å². The van der Waals surface area contributed by atoms with Gasteiger partial charge in [-0.25, -0.2) is 4.39 Å². The standard InChI is InChI=1S/C23H28ClFN2O2/c24-18-3-1-4-20(15-18)29-22-6-2-5-21(23(22)28)27-13-11-26(12-14-27)16-17-7-9-19(25)10-8-17/h1,3-4,7-10,15,21-23,28H,2,5-6,11-14,16H2/t21-,22+,23+/m0/s1. The Hall–Kier alpha value is -1.66. The van der Waals surface area contributed by atoms with Crippen molar-refractivity contribution in [2.24, 2.45) is 0 Å². The molecule has 1 aliphatic carbocycles. The van der Waals surface area contributed by atoms with Gasteiger partial charge in [-0.15, -0.1) is 0 Å². The second kappa shape index (κ2) is 9.43. The normalized spacial score (nSPS) is 26.4. The maximum Gasteiger partial charge on any atom is 0.126 e. The van der Waals surface area contributed by atoms with Crippen molar-refractivity contribution in [3.8, 4) is 5.75 Å². The van der Waals surface area contributed by atoms with Crippen molar-refractivity contribution in [1.82, 2.24) is 9.80 Å². The van der Waals surface area contributed by atoms with E-state index in [2.05, 4.69) is 9.80 Å². The minimum Gasteiger partial charge on any atom is -0.488 e. The van der Waals surface area contributed by atoms with Gasteiger partial charge in [0.05, 0.1) is 0 Å². The zero-order valence-electron chi connectivity index (χ0n) is 16.5. The summed E-state index contributed by atoms with van der Waals surface area (Å²) >= 11 is 6.05. The van der Waals surface area contributed by atoms with E-state index in [4.69, 9.17) is 16.3 Å². The van der Waals surface area contributed by atoms with Gasteiger partial charge in [0.15, 0.2) is 0 Å². The number of aliphatic hydroxyl groups is 1. The lowest BCUT2D eigenvalue weighted by atomic mass is 9.88. The average Bonchev–Trinajstić information content (AvgIpc) is 2.72. The van der Waals surface area contributed by atoms with Crippen LogP contribution in [0.5, 0.6) is 5.75 Å². The summed E-state index contributed by atoms with van der Waals surface area (Å²) in [7, 11) is 0. The number of halogens is 2. The summed E-state index contributed by atoms with van der Waals surface area (Å²) in [4.78, 5) is 4.79. The van der Waals surface area contributed by atoms with Gasteiger partial charge in [-0.05, 0) is 55.2 Å². The van der Waals surface area contributed by atoms with Crippen molar-refractivity contribution in [2.45, 2.75) is 44.1 Å². The van der Waals surface area contributed by atoms with Gasteiger partial charge < -0.3 is 9.84 Å². The molecule has 0 radical (unpaired) electrons. The number of rotatable bonds is 5. The molecule has 1 N–H and O–H groups in total. The molecule has 2 fully saturated rings. The predicted molar refractivity (Wildman–Crippen MR) is 113 cm³/mol. The maximum absolute atomic E-state index is 13.1. The van der Waals surface area contributed by atoms with E-state index in [1.807, 2.05) is 30.3 Å². The van der Waals surface area contributed by atoms with Crippen LogP contribution in [-0.4, -0.2) is 59.3 Å². The molecule has 1 aliphatic heterocycles. The molecule has 29 heavy (non-hydrogen) atoms. The van der Waals surface area contributed by atoms with Crippen LogP contribution in [0.15, 0.2) is 48.5 Å². The van der Waals surface area contributed by atoms with Crippen molar-refractivity contribution < 1.29 is 14.2 Å². The minimum absolute atomic E-state index is 0.126. The zero-order chi connectivity index (χ0) is 20.2. The fourth-order valence-electron chi connectivity index (χ4n) is 4.46. The summed E-state index contributed by atoms with van der Waals surface area (Å²) in [5.74, 6) is 0.519. The smallest absolute Gasteiger partial charge is 0.126 e. The number of piperazine rings is 1. The lowest BCUT2D eigenvalue weighted by Crippen LogP contribution is -2.57. The average molecular weight is 419 g/mol. The van der Waals surface area contributed by atoms with Gasteiger partial charge in [-0.2, -0.15) is 0 Å². The second-order valence-corrected chi connectivity index (χ2v) is 8.48. The van der Waals surface area contributed by atoms with Gasteiger partial charge >= 0.3 is 0 Å². The number of hydrogen-bond donors (Lipinski definition) is 1. The monoisotopic (exact) mass is 418 g/mol. The maximum atomic E-state index is 13.1. The van der Waals surface area contributed by atoms with Gasteiger partial charge in [-0.3, -0.25) is 9.80 Å². The van der Waals surface area contributed by atoms with Crippen molar-refractivity contribution in [3.63, 3.8) is 0 Å². The summed E-state index contributed by atoms with van der Waals surface area (Å²) in [6, 6.07) is 14.2. The Morgan fingerprint density at radius 3 is 2.52 bits per heavy atom. The Balaban J connectivity index is 1.31. The molecule has 2 aromatic rings. The van der Waals surface area contributed by atoms with Crippen LogP contribution < -0.4 is 4.74 Å². The SMILES string of the molecule is O[C@H]1[C@H](Oc2cccc(Cl)c2)CCC[C@@H]1N1CCN(Cc2ccc(F)cc2)CC1. The highest BCUT2D eigenvalue weighted by molar-refractivity contribution is 6.30. The quantitative estimate of drug-likeness (QED) is 0.797. The number of ether oxygens (including phenoxy) is 1. The lowest BCUT2D eigenvalue weighted by Gasteiger charge is -2.44. The summed E-state index contributed by atoms with van der Waals surface area (Å²) < 4.78 is 19.2. The molecule has 1 saturated carbocycles. The molecule has 0 aromatic heterocycles. The van der Waals surface area contributed by atoms with Gasteiger partial charge in [0.1, 0.15) is 23.8 Å². The van der Waals surface area contributed by atoms with E-state index in [9.17, 15) is 9.50 Å². The van der Waals surface area contributed by atoms with E-state index >= 15 is 0 Å². The molecule has 3 atom stereocenters. The molecule has 0 bridgehead atoms. The first-order valence-corrected chi connectivity index (χ1v) is 10.8. The Labute approximate surface area is 176 Å². The van der Waals surface area contributed by atoms with Crippen molar-refractivity contribution in [1.29, 1.82) is 0 Å². The molecule has 0 spiro atoms. The Morgan fingerprint density at radius 1 is 1.03 bits per heavy atom. The number of aliphatic hydroxyl groups excluding tert-OH is 1. The molecule has 4 nitrogen and oxygen atoms in total. The van der Waals surface area contributed by atoms with Crippen molar-refractivity contribution in [3.05, 3.63) is 64.9 Å². The third kappa shape index (κ3) is 5.28.